The summed E-state index contributed by atoms with van der Waals surface area (Å²) in [6.45, 7) is 2.30. The van der Waals surface area contributed by atoms with E-state index in [1.807, 2.05) is 0 Å². The van der Waals surface area contributed by atoms with Crippen molar-refractivity contribution in [1.82, 2.24) is 0 Å². The number of fused-ring (bicyclic) bond motifs is 2. The predicted octanol–water partition coefficient (Wildman–Crippen LogP) is 7.29. The summed E-state index contributed by atoms with van der Waals surface area (Å²) < 4.78 is 0. The van der Waals surface area contributed by atoms with E-state index in [2.05, 4.69) is 19.1 Å². The molecule has 0 aromatic heterocycles. The molecule has 3 atom stereocenters. The van der Waals surface area contributed by atoms with Gasteiger partial charge in [-0.25, -0.2) is 0 Å². The molecule has 0 aliphatic heterocycles. The van der Waals surface area contributed by atoms with Gasteiger partial charge in [0.05, 0.1) is 0 Å². The number of hydrogen-bond donors (Lipinski definition) is 0. The molecule has 21 heavy (non-hydrogen) atoms. The molecule has 0 nitrogen and oxygen atoms in total. The Kier molecular flexibility index (Phi) is 8.52. The van der Waals surface area contributed by atoms with Gasteiger partial charge in [-0.05, 0) is 37.0 Å². The van der Waals surface area contributed by atoms with Gasteiger partial charge in [0.25, 0.3) is 0 Å². The highest BCUT2D eigenvalue weighted by Gasteiger charge is 2.34. The van der Waals surface area contributed by atoms with Gasteiger partial charge in [0.2, 0.25) is 0 Å². The zero-order chi connectivity index (χ0) is 14.8. The second kappa shape index (κ2) is 10.5. The molecule has 0 radical (unpaired) electrons. The van der Waals surface area contributed by atoms with Gasteiger partial charge in [-0.15, -0.1) is 0 Å². The molecule has 0 amide bonds. The van der Waals surface area contributed by atoms with Crippen LogP contribution in [0.2, 0.25) is 0 Å². The van der Waals surface area contributed by atoms with Gasteiger partial charge in [-0.1, -0.05) is 96.1 Å². The fraction of sp³-hybridized carbons (Fsp3) is 0.905. The molecule has 1 fully saturated rings. The zero-order valence-electron chi connectivity index (χ0n) is 14.5. The molecular weight excluding hydrogens is 252 g/mol. The number of rotatable bonds is 13. The fourth-order valence-electron chi connectivity index (χ4n) is 4.47. The highest BCUT2D eigenvalue weighted by molar-refractivity contribution is 5.09. The van der Waals surface area contributed by atoms with Crippen molar-refractivity contribution in [2.45, 2.75) is 103 Å². The molecule has 0 saturated heterocycles. The first-order valence-corrected chi connectivity index (χ1v) is 10.1. The summed E-state index contributed by atoms with van der Waals surface area (Å²) >= 11 is 0. The third-order valence-electron chi connectivity index (χ3n) is 5.84. The molecule has 0 heteroatoms. The lowest BCUT2D eigenvalue weighted by Gasteiger charge is -2.17. The van der Waals surface area contributed by atoms with Crippen LogP contribution < -0.4 is 0 Å². The molecule has 122 valence electrons. The van der Waals surface area contributed by atoms with E-state index in [0.717, 1.165) is 17.8 Å². The van der Waals surface area contributed by atoms with Crippen molar-refractivity contribution < 1.29 is 0 Å². The van der Waals surface area contributed by atoms with Crippen molar-refractivity contribution in [2.75, 3.05) is 0 Å². The average molecular weight is 291 g/mol. The van der Waals surface area contributed by atoms with Crippen molar-refractivity contribution in [3.05, 3.63) is 12.2 Å². The van der Waals surface area contributed by atoms with E-state index < -0.39 is 0 Å². The van der Waals surface area contributed by atoms with E-state index in [1.165, 1.54) is 96.3 Å². The van der Waals surface area contributed by atoms with Gasteiger partial charge in [-0.3, -0.25) is 0 Å². The molecule has 0 aromatic rings. The van der Waals surface area contributed by atoms with E-state index in [-0.39, 0.29) is 0 Å². The quantitative estimate of drug-likeness (QED) is 0.247. The largest absolute Gasteiger partial charge is 0.0851 e. The van der Waals surface area contributed by atoms with Crippen LogP contribution in [0.25, 0.3) is 0 Å². The summed E-state index contributed by atoms with van der Waals surface area (Å²) in [4.78, 5) is 0. The predicted molar refractivity (Wildman–Crippen MR) is 94.5 cm³/mol. The Labute approximate surface area is 133 Å². The first-order chi connectivity index (χ1) is 10.4. The van der Waals surface area contributed by atoms with Crippen LogP contribution >= 0.6 is 0 Å². The first-order valence-electron chi connectivity index (χ1n) is 10.1. The van der Waals surface area contributed by atoms with E-state index in [1.54, 1.807) is 0 Å². The minimum Gasteiger partial charge on any atom is -0.0851 e. The van der Waals surface area contributed by atoms with Crippen molar-refractivity contribution in [3.63, 3.8) is 0 Å². The second-order valence-corrected chi connectivity index (χ2v) is 7.72. The van der Waals surface area contributed by atoms with Crippen LogP contribution in [0, 0.1) is 17.8 Å². The Morgan fingerprint density at radius 2 is 1.24 bits per heavy atom. The fourth-order valence-corrected chi connectivity index (χ4v) is 4.47. The second-order valence-electron chi connectivity index (χ2n) is 7.72. The monoisotopic (exact) mass is 290 g/mol. The molecule has 0 N–H and O–H groups in total. The van der Waals surface area contributed by atoms with Gasteiger partial charge in [0.15, 0.2) is 0 Å². The standard InChI is InChI=1S/C21H38/c1-2-3-4-5-6-7-8-9-10-11-12-13-14-20-17-19-15-16-21(20)18-19/h15-16,19-21H,2-14,17-18H2,1H3/t19-,20+,21-/m0/s1. The summed E-state index contributed by atoms with van der Waals surface area (Å²) in [6, 6.07) is 0. The Morgan fingerprint density at radius 1 is 0.667 bits per heavy atom. The van der Waals surface area contributed by atoms with Crippen molar-refractivity contribution in [2.24, 2.45) is 17.8 Å². The van der Waals surface area contributed by atoms with Gasteiger partial charge >= 0.3 is 0 Å². The maximum atomic E-state index is 2.51. The first kappa shape index (κ1) is 17.1. The molecular formula is C21H38. The number of hydrogen-bond acceptors (Lipinski definition) is 0. The third kappa shape index (κ3) is 6.57. The van der Waals surface area contributed by atoms with Crippen LogP contribution in [-0.2, 0) is 0 Å². The molecule has 2 aliphatic rings. The molecule has 1 saturated carbocycles. The molecule has 0 unspecified atom stereocenters. The SMILES string of the molecule is CCCCCCCCCCCCCC[C@@H]1C[C@@H]2C=C[C@H]1C2. The van der Waals surface area contributed by atoms with Gasteiger partial charge in [0.1, 0.15) is 0 Å². The Morgan fingerprint density at radius 3 is 1.71 bits per heavy atom. The lowest BCUT2D eigenvalue weighted by molar-refractivity contribution is 0.393. The minimum atomic E-state index is 0.970. The summed E-state index contributed by atoms with van der Waals surface area (Å²) in [5.74, 6) is 3.00. The minimum absolute atomic E-state index is 0.970. The molecule has 2 aliphatic carbocycles. The van der Waals surface area contributed by atoms with E-state index in [0.29, 0.717) is 0 Å². The maximum absolute atomic E-state index is 2.51. The Hall–Kier alpha value is -0.260. The van der Waals surface area contributed by atoms with Gasteiger partial charge < -0.3 is 0 Å². The topological polar surface area (TPSA) is 0 Å². The third-order valence-corrected chi connectivity index (χ3v) is 5.84. The van der Waals surface area contributed by atoms with Gasteiger partial charge in [0, 0.05) is 0 Å². The van der Waals surface area contributed by atoms with Crippen LogP contribution in [-0.4, -0.2) is 0 Å². The summed E-state index contributed by atoms with van der Waals surface area (Å²) in [7, 11) is 0. The summed E-state index contributed by atoms with van der Waals surface area (Å²) in [5, 5.41) is 0. The van der Waals surface area contributed by atoms with Crippen molar-refractivity contribution in [1.29, 1.82) is 0 Å². The number of allylic oxidation sites excluding steroid dienone is 2. The zero-order valence-corrected chi connectivity index (χ0v) is 14.5. The molecule has 0 heterocycles. The van der Waals surface area contributed by atoms with Crippen LogP contribution in [0.4, 0.5) is 0 Å². The van der Waals surface area contributed by atoms with Crippen LogP contribution in [0.1, 0.15) is 103 Å². The lowest BCUT2D eigenvalue weighted by Crippen LogP contribution is -2.06. The highest BCUT2D eigenvalue weighted by Crippen LogP contribution is 2.45. The highest BCUT2D eigenvalue weighted by atomic mass is 14.4. The van der Waals surface area contributed by atoms with Gasteiger partial charge in [-0.2, -0.15) is 0 Å². The normalized spacial score (nSPS) is 26.8. The molecule has 0 spiro atoms. The van der Waals surface area contributed by atoms with Crippen molar-refractivity contribution in [3.8, 4) is 0 Å². The molecule has 0 aromatic carbocycles. The summed E-state index contributed by atoms with van der Waals surface area (Å²) in [6.07, 6.45) is 27.2. The maximum Gasteiger partial charge on any atom is -0.0199 e. The van der Waals surface area contributed by atoms with Crippen LogP contribution in [0.15, 0.2) is 12.2 Å². The smallest absolute Gasteiger partial charge is 0.0199 e. The van der Waals surface area contributed by atoms with Crippen molar-refractivity contribution >= 4 is 0 Å². The molecule has 2 bridgehead atoms. The lowest BCUT2D eigenvalue weighted by atomic mass is 9.88. The van der Waals surface area contributed by atoms with E-state index in [4.69, 9.17) is 0 Å². The average Bonchev–Trinajstić information content (AvgIpc) is 3.11. The van der Waals surface area contributed by atoms with E-state index >= 15 is 0 Å². The van der Waals surface area contributed by atoms with Crippen LogP contribution in [0.5, 0.6) is 0 Å². The molecule has 2 rings (SSSR count). The van der Waals surface area contributed by atoms with E-state index in [9.17, 15) is 0 Å². The summed E-state index contributed by atoms with van der Waals surface area (Å²) in [5.41, 5.74) is 0. The Bertz CT molecular complexity index is 278. The Balaban J connectivity index is 1.29. The van der Waals surface area contributed by atoms with Crippen LogP contribution in [0.3, 0.4) is 0 Å². The number of unbranched alkanes of at least 4 members (excludes halogenated alkanes) is 11.